The van der Waals surface area contributed by atoms with Gasteiger partial charge in [-0.1, -0.05) is 12.1 Å². The van der Waals surface area contributed by atoms with Gasteiger partial charge in [0.15, 0.2) is 0 Å². The second-order valence-corrected chi connectivity index (χ2v) is 5.29. The monoisotopic (exact) mass is 321 g/mol. The standard InChI is InChI=1S/C19H13F2N3/c1-13-8-9-24(23-13)17-5-2-14(3-6-17)10-15(12-22)18-11-16(20)4-7-19(18)21/h2-11H,1H3. The number of nitrogens with zero attached hydrogens (tertiary/aromatic N) is 3. The highest BCUT2D eigenvalue weighted by Crippen LogP contribution is 2.22. The Bertz CT molecular complexity index is 947. The van der Waals surface area contributed by atoms with E-state index in [0.717, 1.165) is 29.6 Å². The van der Waals surface area contributed by atoms with Crippen molar-refractivity contribution in [2.24, 2.45) is 0 Å². The molecule has 0 N–H and O–H groups in total. The van der Waals surface area contributed by atoms with E-state index >= 15 is 0 Å². The van der Waals surface area contributed by atoms with Crippen LogP contribution in [0.25, 0.3) is 17.3 Å². The van der Waals surface area contributed by atoms with Gasteiger partial charge in [0.2, 0.25) is 0 Å². The number of nitriles is 1. The number of benzene rings is 2. The maximum absolute atomic E-state index is 13.8. The molecule has 3 rings (SSSR count). The normalized spacial score (nSPS) is 11.3. The molecule has 0 unspecified atom stereocenters. The average Bonchev–Trinajstić information content (AvgIpc) is 3.02. The van der Waals surface area contributed by atoms with Gasteiger partial charge in [-0.05, 0) is 55.0 Å². The number of hydrogen-bond donors (Lipinski definition) is 0. The molecular formula is C19H13F2N3. The number of halogens is 2. The highest BCUT2D eigenvalue weighted by Gasteiger charge is 2.09. The molecule has 0 saturated carbocycles. The molecule has 0 aliphatic heterocycles. The Labute approximate surface area is 138 Å². The van der Waals surface area contributed by atoms with E-state index in [1.165, 1.54) is 6.08 Å². The van der Waals surface area contributed by atoms with E-state index in [2.05, 4.69) is 5.10 Å². The van der Waals surface area contributed by atoms with Crippen LogP contribution in [-0.4, -0.2) is 9.78 Å². The highest BCUT2D eigenvalue weighted by molar-refractivity contribution is 5.89. The molecule has 24 heavy (non-hydrogen) atoms. The third kappa shape index (κ3) is 3.23. The largest absolute Gasteiger partial charge is 0.241 e. The molecule has 5 heteroatoms. The van der Waals surface area contributed by atoms with Gasteiger partial charge < -0.3 is 0 Å². The maximum atomic E-state index is 13.8. The van der Waals surface area contributed by atoms with E-state index < -0.39 is 11.6 Å². The fourth-order valence-electron chi connectivity index (χ4n) is 2.32. The van der Waals surface area contributed by atoms with Gasteiger partial charge in [0.25, 0.3) is 0 Å². The molecule has 0 amide bonds. The van der Waals surface area contributed by atoms with Gasteiger partial charge in [0, 0.05) is 11.8 Å². The SMILES string of the molecule is Cc1ccn(-c2ccc(C=C(C#N)c3cc(F)ccc3F)cc2)n1. The highest BCUT2D eigenvalue weighted by atomic mass is 19.1. The van der Waals surface area contributed by atoms with Crippen LogP contribution < -0.4 is 0 Å². The van der Waals surface area contributed by atoms with E-state index in [-0.39, 0.29) is 11.1 Å². The number of allylic oxidation sites excluding steroid dienone is 1. The van der Waals surface area contributed by atoms with E-state index in [0.29, 0.717) is 5.56 Å². The lowest BCUT2D eigenvalue weighted by Gasteiger charge is -2.04. The van der Waals surface area contributed by atoms with Crippen molar-refractivity contribution in [1.82, 2.24) is 9.78 Å². The first-order valence-electron chi connectivity index (χ1n) is 7.27. The second kappa shape index (κ2) is 6.47. The zero-order chi connectivity index (χ0) is 17.1. The van der Waals surface area contributed by atoms with Crippen LogP contribution in [0.1, 0.15) is 16.8 Å². The lowest BCUT2D eigenvalue weighted by Crippen LogP contribution is -1.94. The van der Waals surface area contributed by atoms with Crippen molar-refractivity contribution < 1.29 is 8.78 Å². The minimum absolute atomic E-state index is 0.0516. The van der Waals surface area contributed by atoms with Crippen LogP contribution in [0.15, 0.2) is 54.7 Å². The molecule has 0 bridgehead atoms. The molecular weight excluding hydrogens is 308 g/mol. The summed E-state index contributed by atoms with van der Waals surface area (Å²) in [5.41, 5.74) is 2.50. The maximum Gasteiger partial charge on any atom is 0.131 e. The summed E-state index contributed by atoms with van der Waals surface area (Å²) in [6.07, 6.45) is 3.37. The van der Waals surface area contributed by atoms with E-state index in [4.69, 9.17) is 0 Å². The summed E-state index contributed by atoms with van der Waals surface area (Å²) in [6, 6.07) is 14.1. The quantitative estimate of drug-likeness (QED) is 0.525. The van der Waals surface area contributed by atoms with Gasteiger partial charge in [-0.15, -0.1) is 0 Å². The molecule has 3 nitrogen and oxygen atoms in total. The van der Waals surface area contributed by atoms with Gasteiger partial charge in [-0.3, -0.25) is 0 Å². The lowest BCUT2D eigenvalue weighted by molar-refractivity contribution is 0.597. The first kappa shape index (κ1) is 15.6. The van der Waals surface area contributed by atoms with Crippen molar-refractivity contribution in [3.05, 3.63) is 83.2 Å². The smallest absolute Gasteiger partial charge is 0.131 e. The van der Waals surface area contributed by atoms with Crippen LogP contribution in [0, 0.1) is 29.9 Å². The van der Waals surface area contributed by atoms with Gasteiger partial charge >= 0.3 is 0 Å². The fraction of sp³-hybridized carbons (Fsp3) is 0.0526. The average molecular weight is 321 g/mol. The van der Waals surface area contributed by atoms with Crippen LogP contribution in [0.2, 0.25) is 0 Å². The predicted octanol–water partition coefficient (Wildman–Crippen LogP) is 4.52. The molecule has 0 radical (unpaired) electrons. The molecule has 1 aromatic heterocycles. The van der Waals surface area contributed by atoms with E-state index in [1.54, 1.807) is 16.8 Å². The van der Waals surface area contributed by atoms with Crippen LogP contribution >= 0.6 is 0 Å². The first-order chi connectivity index (χ1) is 11.6. The molecule has 0 aliphatic carbocycles. The third-order valence-corrected chi connectivity index (χ3v) is 3.53. The van der Waals surface area contributed by atoms with Gasteiger partial charge in [0.1, 0.15) is 11.6 Å². The zero-order valence-corrected chi connectivity index (χ0v) is 12.9. The Balaban J connectivity index is 1.94. The lowest BCUT2D eigenvalue weighted by atomic mass is 10.0. The van der Waals surface area contributed by atoms with Crippen molar-refractivity contribution in [1.29, 1.82) is 5.26 Å². The fourth-order valence-corrected chi connectivity index (χ4v) is 2.32. The predicted molar refractivity (Wildman–Crippen MR) is 88.1 cm³/mol. The molecule has 0 atom stereocenters. The molecule has 0 spiro atoms. The van der Waals surface area contributed by atoms with E-state index in [9.17, 15) is 14.0 Å². The topological polar surface area (TPSA) is 41.6 Å². The van der Waals surface area contributed by atoms with Crippen LogP contribution in [0.3, 0.4) is 0 Å². The van der Waals surface area contributed by atoms with Gasteiger partial charge in [0.05, 0.1) is 23.0 Å². The molecule has 0 saturated heterocycles. The molecule has 0 aliphatic rings. The Morgan fingerprint density at radius 1 is 1.12 bits per heavy atom. The molecule has 0 fully saturated rings. The Morgan fingerprint density at radius 2 is 1.88 bits per heavy atom. The summed E-state index contributed by atoms with van der Waals surface area (Å²) >= 11 is 0. The molecule has 118 valence electrons. The Hall–Kier alpha value is -3.26. The number of aryl methyl sites for hydroxylation is 1. The van der Waals surface area contributed by atoms with E-state index in [1.807, 2.05) is 37.4 Å². The summed E-state index contributed by atoms with van der Waals surface area (Å²) in [7, 11) is 0. The Morgan fingerprint density at radius 3 is 2.50 bits per heavy atom. The number of hydrogen-bond acceptors (Lipinski definition) is 2. The van der Waals surface area contributed by atoms with Crippen molar-refractivity contribution in [2.45, 2.75) is 6.92 Å². The summed E-state index contributed by atoms with van der Waals surface area (Å²) in [4.78, 5) is 0. The molecule has 3 aromatic rings. The van der Waals surface area contributed by atoms with Crippen molar-refractivity contribution in [2.75, 3.05) is 0 Å². The minimum Gasteiger partial charge on any atom is -0.241 e. The molecule has 1 heterocycles. The first-order valence-corrected chi connectivity index (χ1v) is 7.27. The summed E-state index contributed by atoms with van der Waals surface area (Å²) in [6.45, 7) is 1.90. The van der Waals surface area contributed by atoms with Crippen LogP contribution in [0.4, 0.5) is 8.78 Å². The minimum atomic E-state index is -0.632. The van der Waals surface area contributed by atoms with Crippen LogP contribution in [-0.2, 0) is 0 Å². The molecule has 2 aromatic carbocycles. The zero-order valence-electron chi connectivity index (χ0n) is 12.9. The van der Waals surface area contributed by atoms with Crippen molar-refractivity contribution in [3.63, 3.8) is 0 Å². The van der Waals surface area contributed by atoms with Gasteiger partial charge in [-0.2, -0.15) is 10.4 Å². The summed E-state index contributed by atoms with van der Waals surface area (Å²) < 4.78 is 28.9. The van der Waals surface area contributed by atoms with Crippen molar-refractivity contribution in [3.8, 4) is 11.8 Å². The van der Waals surface area contributed by atoms with Crippen LogP contribution in [0.5, 0.6) is 0 Å². The number of aromatic nitrogens is 2. The number of rotatable bonds is 3. The van der Waals surface area contributed by atoms with Gasteiger partial charge in [-0.25, -0.2) is 13.5 Å². The van der Waals surface area contributed by atoms with Crippen molar-refractivity contribution >= 4 is 11.6 Å². The second-order valence-electron chi connectivity index (χ2n) is 5.29. The third-order valence-electron chi connectivity index (χ3n) is 3.53. The Kier molecular flexibility index (Phi) is 4.21. The summed E-state index contributed by atoms with van der Waals surface area (Å²) in [5.74, 6) is -1.22. The summed E-state index contributed by atoms with van der Waals surface area (Å²) in [5, 5.41) is 13.6.